The van der Waals surface area contributed by atoms with Crippen LogP contribution in [0.15, 0.2) is 4.47 Å². The average molecular weight is 378 g/mol. The first kappa shape index (κ1) is 16.6. The largest absolute Gasteiger partial charge is 0.312 e. The van der Waals surface area contributed by atoms with E-state index in [1.807, 2.05) is 18.5 Å². The summed E-state index contributed by atoms with van der Waals surface area (Å²) in [6, 6.07) is -0.269. The third kappa shape index (κ3) is 4.14. The molecule has 1 aliphatic rings. The zero-order valence-electron chi connectivity index (χ0n) is 12.2. The average Bonchev–Trinajstić information content (AvgIpc) is 2.65. The molecule has 8 heteroatoms. The fourth-order valence-corrected chi connectivity index (χ4v) is 4.44. The molecule has 1 N–H and O–H groups in total. The Kier molecular flexibility index (Phi) is 5.21. The van der Waals surface area contributed by atoms with Crippen molar-refractivity contribution in [2.45, 2.75) is 39.3 Å². The van der Waals surface area contributed by atoms with Gasteiger partial charge in [0, 0.05) is 32.0 Å². The molecule has 0 aromatic carbocycles. The lowest BCUT2D eigenvalue weighted by molar-refractivity contribution is -0.118. The molecule has 2 heterocycles. The van der Waals surface area contributed by atoms with Crippen molar-refractivity contribution in [3.05, 3.63) is 15.9 Å². The highest BCUT2D eigenvalue weighted by atomic mass is 79.9. The Balaban J connectivity index is 2.02. The highest BCUT2D eigenvalue weighted by Gasteiger charge is 2.26. The van der Waals surface area contributed by atoms with Crippen LogP contribution in [-0.2, 0) is 27.6 Å². The van der Waals surface area contributed by atoms with Gasteiger partial charge in [-0.1, -0.05) is 0 Å². The minimum Gasteiger partial charge on any atom is -0.312 e. The van der Waals surface area contributed by atoms with Crippen molar-refractivity contribution in [1.29, 1.82) is 0 Å². The molecule has 1 aliphatic heterocycles. The van der Waals surface area contributed by atoms with Crippen molar-refractivity contribution in [3.8, 4) is 0 Å². The van der Waals surface area contributed by atoms with Crippen molar-refractivity contribution in [3.63, 3.8) is 0 Å². The van der Waals surface area contributed by atoms with Crippen molar-refractivity contribution in [1.82, 2.24) is 15.1 Å². The van der Waals surface area contributed by atoms with Crippen LogP contribution in [0.1, 0.15) is 24.7 Å². The third-order valence-electron chi connectivity index (χ3n) is 3.59. The van der Waals surface area contributed by atoms with Crippen LogP contribution in [0.5, 0.6) is 0 Å². The third-order valence-corrected chi connectivity index (χ3v) is 6.36. The lowest BCUT2D eigenvalue weighted by atomic mass is 10.1. The van der Waals surface area contributed by atoms with Crippen LogP contribution in [0, 0.1) is 6.92 Å². The zero-order chi connectivity index (χ0) is 15.6. The molecule has 21 heavy (non-hydrogen) atoms. The van der Waals surface area contributed by atoms with E-state index in [1.54, 1.807) is 0 Å². The van der Waals surface area contributed by atoms with E-state index in [2.05, 4.69) is 26.3 Å². The summed E-state index contributed by atoms with van der Waals surface area (Å²) in [6.45, 7) is 4.99. The predicted molar refractivity (Wildman–Crippen MR) is 84.1 cm³/mol. The van der Waals surface area contributed by atoms with Gasteiger partial charge >= 0.3 is 0 Å². The van der Waals surface area contributed by atoms with Gasteiger partial charge in [0.25, 0.3) is 0 Å². The lowest BCUT2D eigenvalue weighted by Gasteiger charge is -2.23. The molecule has 118 valence electrons. The maximum absolute atomic E-state index is 12.2. The van der Waals surface area contributed by atoms with Gasteiger partial charge in [-0.25, -0.2) is 8.42 Å². The van der Waals surface area contributed by atoms with E-state index in [-0.39, 0.29) is 36.2 Å². The van der Waals surface area contributed by atoms with Crippen LogP contribution in [0.25, 0.3) is 0 Å². The first-order valence-corrected chi connectivity index (χ1v) is 9.61. The number of hydrogen-bond acceptors (Lipinski definition) is 5. The normalized spacial score (nSPS) is 21.4. The molecule has 1 fully saturated rings. The molecule has 1 aromatic rings. The van der Waals surface area contributed by atoms with Gasteiger partial charge in [0.1, 0.15) is 5.78 Å². The SMILES string of the molecule is CCn1nc(C)c(Br)c1CC(=O)CC1CS(=O)(=O)CCN1. The van der Waals surface area contributed by atoms with E-state index >= 15 is 0 Å². The number of carbonyl (C=O) groups excluding carboxylic acids is 1. The minimum atomic E-state index is -3.01. The first-order valence-electron chi connectivity index (χ1n) is 6.99. The molecule has 0 spiro atoms. The topological polar surface area (TPSA) is 81.1 Å². The molecule has 1 aromatic heterocycles. The second kappa shape index (κ2) is 6.58. The van der Waals surface area contributed by atoms with E-state index in [1.165, 1.54) is 0 Å². The highest BCUT2D eigenvalue weighted by Crippen LogP contribution is 2.22. The van der Waals surface area contributed by atoms with Crippen molar-refractivity contribution in [2.24, 2.45) is 0 Å². The van der Waals surface area contributed by atoms with E-state index in [0.717, 1.165) is 15.9 Å². The van der Waals surface area contributed by atoms with E-state index < -0.39 is 9.84 Å². The second-order valence-electron chi connectivity index (χ2n) is 5.35. The summed E-state index contributed by atoms with van der Waals surface area (Å²) in [4.78, 5) is 12.2. The molecule has 1 unspecified atom stereocenters. The van der Waals surface area contributed by atoms with Crippen LogP contribution >= 0.6 is 15.9 Å². The van der Waals surface area contributed by atoms with Crippen LogP contribution in [0.3, 0.4) is 0 Å². The Labute approximate surface area is 133 Å². The standard InChI is InChI=1S/C13H20BrN3O3S/c1-3-17-12(13(14)9(2)16-17)7-11(18)6-10-8-21(19,20)5-4-15-10/h10,15H,3-8H2,1-2H3. The number of aromatic nitrogens is 2. The summed E-state index contributed by atoms with van der Waals surface area (Å²) in [7, 11) is -3.01. The van der Waals surface area contributed by atoms with Crippen molar-refractivity contribution in [2.75, 3.05) is 18.1 Å². The van der Waals surface area contributed by atoms with E-state index in [4.69, 9.17) is 0 Å². The van der Waals surface area contributed by atoms with Gasteiger partial charge < -0.3 is 5.32 Å². The molecule has 0 amide bonds. The number of ketones is 1. The molecule has 1 saturated heterocycles. The quantitative estimate of drug-likeness (QED) is 0.822. The number of rotatable bonds is 5. The molecule has 6 nitrogen and oxygen atoms in total. The first-order chi connectivity index (χ1) is 9.82. The molecule has 0 bridgehead atoms. The number of nitrogens with one attached hydrogen (secondary N) is 1. The van der Waals surface area contributed by atoms with Gasteiger partial charge in [-0.05, 0) is 29.8 Å². The number of halogens is 1. The maximum atomic E-state index is 12.2. The van der Waals surface area contributed by atoms with Crippen LogP contribution < -0.4 is 5.32 Å². The summed E-state index contributed by atoms with van der Waals surface area (Å²) < 4.78 is 25.8. The molecular formula is C13H20BrN3O3S. The molecule has 2 rings (SSSR count). The summed E-state index contributed by atoms with van der Waals surface area (Å²) in [5.41, 5.74) is 1.72. The summed E-state index contributed by atoms with van der Waals surface area (Å²) in [5.74, 6) is 0.233. The summed E-state index contributed by atoms with van der Waals surface area (Å²) in [6.07, 6.45) is 0.507. The van der Waals surface area contributed by atoms with Crippen LogP contribution in [-0.4, -0.2) is 48.1 Å². The molecule has 1 atom stereocenters. The smallest absolute Gasteiger partial charge is 0.153 e. The summed E-state index contributed by atoms with van der Waals surface area (Å²) in [5, 5.41) is 7.46. The van der Waals surface area contributed by atoms with Gasteiger partial charge in [0.05, 0.1) is 27.4 Å². The van der Waals surface area contributed by atoms with Crippen LogP contribution in [0.2, 0.25) is 0 Å². The summed E-state index contributed by atoms with van der Waals surface area (Å²) >= 11 is 3.47. The highest BCUT2D eigenvalue weighted by molar-refractivity contribution is 9.10. The lowest BCUT2D eigenvalue weighted by Crippen LogP contribution is -2.46. The van der Waals surface area contributed by atoms with Gasteiger partial charge in [-0.2, -0.15) is 5.10 Å². The number of carbonyl (C=O) groups is 1. The molecule has 0 aliphatic carbocycles. The van der Waals surface area contributed by atoms with Gasteiger partial charge in [0.15, 0.2) is 9.84 Å². The Morgan fingerprint density at radius 1 is 1.52 bits per heavy atom. The maximum Gasteiger partial charge on any atom is 0.153 e. The number of aryl methyl sites for hydroxylation is 2. The van der Waals surface area contributed by atoms with Gasteiger partial charge in [-0.3, -0.25) is 9.48 Å². The molecule has 0 radical (unpaired) electrons. The van der Waals surface area contributed by atoms with Crippen molar-refractivity contribution >= 4 is 31.6 Å². The molecular weight excluding hydrogens is 358 g/mol. The fourth-order valence-electron chi connectivity index (χ4n) is 2.57. The van der Waals surface area contributed by atoms with Gasteiger partial charge in [0.2, 0.25) is 0 Å². The number of sulfone groups is 1. The van der Waals surface area contributed by atoms with Gasteiger partial charge in [-0.15, -0.1) is 0 Å². The van der Waals surface area contributed by atoms with Crippen molar-refractivity contribution < 1.29 is 13.2 Å². The second-order valence-corrected chi connectivity index (χ2v) is 8.37. The number of Topliss-reactive ketones (excluding diaryl/α,β-unsaturated/α-hetero) is 1. The zero-order valence-corrected chi connectivity index (χ0v) is 14.6. The Bertz CT molecular complexity index is 639. The number of nitrogens with zero attached hydrogens (tertiary/aromatic N) is 2. The minimum absolute atomic E-state index is 0.0277. The monoisotopic (exact) mass is 377 g/mol. The van der Waals surface area contributed by atoms with Crippen LogP contribution in [0.4, 0.5) is 0 Å². The molecule has 0 saturated carbocycles. The van der Waals surface area contributed by atoms with E-state index in [0.29, 0.717) is 13.1 Å². The predicted octanol–water partition coefficient (Wildman–Crippen LogP) is 0.862. The Morgan fingerprint density at radius 2 is 2.24 bits per heavy atom. The fraction of sp³-hybridized carbons (Fsp3) is 0.692. The van der Waals surface area contributed by atoms with E-state index in [9.17, 15) is 13.2 Å². The number of hydrogen-bond donors (Lipinski definition) is 1. The Morgan fingerprint density at radius 3 is 2.86 bits per heavy atom. The Hall–Kier alpha value is -0.730.